The van der Waals surface area contributed by atoms with Gasteiger partial charge in [0.2, 0.25) is 0 Å². The van der Waals surface area contributed by atoms with Crippen molar-refractivity contribution in [1.29, 1.82) is 0 Å². The first kappa shape index (κ1) is 12.6. The first-order chi connectivity index (χ1) is 7.78. The minimum absolute atomic E-state index is 0.0404. The van der Waals surface area contributed by atoms with Crippen LogP contribution in [0.4, 0.5) is 0 Å². The fourth-order valence-corrected chi connectivity index (χ4v) is 3.60. The second kappa shape index (κ2) is 4.10. The summed E-state index contributed by atoms with van der Waals surface area (Å²) in [6.45, 7) is 6.07. The quantitative estimate of drug-likeness (QED) is 0.863. The third-order valence-corrected chi connectivity index (χ3v) is 4.69. The number of aromatic amines is 1. The van der Waals surface area contributed by atoms with Crippen LogP contribution in [0, 0.1) is 12.3 Å². The molecular formula is C11H19N3O2S. The lowest BCUT2D eigenvalue weighted by atomic mass is 9.92. The molecule has 1 aliphatic carbocycles. The number of aromatic nitrogens is 2. The van der Waals surface area contributed by atoms with Crippen molar-refractivity contribution in [2.24, 2.45) is 5.41 Å². The van der Waals surface area contributed by atoms with Crippen LogP contribution in [0.25, 0.3) is 0 Å². The Morgan fingerprint density at radius 2 is 2.24 bits per heavy atom. The number of nitrogens with zero attached hydrogens (tertiary/aromatic N) is 1. The van der Waals surface area contributed by atoms with Crippen LogP contribution in [0.2, 0.25) is 0 Å². The average Bonchev–Trinajstić information content (AvgIpc) is 2.72. The van der Waals surface area contributed by atoms with E-state index in [0.29, 0.717) is 5.82 Å². The molecule has 2 N–H and O–H groups in total. The minimum Gasteiger partial charge on any atom is -0.332 e. The maximum absolute atomic E-state index is 12.0. The third-order valence-electron chi connectivity index (χ3n) is 3.26. The van der Waals surface area contributed by atoms with Crippen molar-refractivity contribution in [3.63, 3.8) is 0 Å². The Hall–Kier alpha value is -0.880. The highest BCUT2D eigenvalue weighted by atomic mass is 32.2. The molecule has 0 aliphatic heterocycles. The van der Waals surface area contributed by atoms with Crippen LogP contribution in [0.1, 0.15) is 38.9 Å². The molecule has 1 heterocycles. The van der Waals surface area contributed by atoms with Gasteiger partial charge in [0, 0.05) is 6.04 Å². The van der Waals surface area contributed by atoms with Crippen molar-refractivity contribution in [3.05, 3.63) is 12.0 Å². The highest BCUT2D eigenvalue weighted by Gasteiger charge is 2.33. The van der Waals surface area contributed by atoms with Gasteiger partial charge in [0.1, 0.15) is 5.82 Å². The highest BCUT2D eigenvalue weighted by molar-refractivity contribution is 7.89. The van der Waals surface area contributed by atoms with Gasteiger partial charge in [0.15, 0.2) is 5.03 Å². The molecule has 0 spiro atoms. The predicted octanol–water partition coefficient (Wildman–Crippen LogP) is 1.58. The van der Waals surface area contributed by atoms with E-state index in [0.717, 1.165) is 19.3 Å². The van der Waals surface area contributed by atoms with Crippen molar-refractivity contribution in [3.8, 4) is 0 Å². The number of aryl methyl sites for hydroxylation is 1. The van der Waals surface area contributed by atoms with Gasteiger partial charge in [0.25, 0.3) is 10.0 Å². The molecule has 1 aromatic rings. The van der Waals surface area contributed by atoms with E-state index < -0.39 is 10.0 Å². The Balaban J connectivity index is 2.09. The van der Waals surface area contributed by atoms with Crippen molar-refractivity contribution >= 4 is 10.0 Å². The summed E-state index contributed by atoms with van der Waals surface area (Å²) < 4.78 is 26.8. The topological polar surface area (TPSA) is 74.8 Å². The maximum Gasteiger partial charge on any atom is 0.257 e. The summed E-state index contributed by atoms with van der Waals surface area (Å²) in [4.78, 5) is 6.66. The molecule has 1 aromatic heterocycles. The molecule has 0 aromatic carbocycles. The molecule has 0 amide bonds. The Kier molecular flexibility index (Phi) is 3.03. The lowest BCUT2D eigenvalue weighted by Crippen LogP contribution is -2.33. The monoisotopic (exact) mass is 257 g/mol. The number of rotatable bonds is 3. The molecule has 0 saturated heterocycles. The second-order valence-corrected chi connectivity index (χ2v) is 7.24. The van der Waals surface area contributed by atoms with Crippen LogP contribution in [0.3, 0.4) is 0 Å². The van der Waals surface area contributed by atoms with E-state index in [1.165, 1.54) is 6.20 Å². The summed E-state index contributed by atoms with van der Waals surface area (Å²) in [6, 6.07) is 0.0404. The van der Waals surface area contributed by atoms with Gasteiger partial charge in [-0.15, -0.1) is 0 Å². The average molecular weight is 257 g/mol. The molecule has 5 nitrogen and oxygen atoms in total. The van der Waals surface area contributed by atoms with E-state index in [1.54, 1.807) is 6.92 Å². The van der Waals surface area contributed by atoms with Gasteiger partial charge < -0.3 is 4.98 Å². The van der Waals surface area contributed by atoms with Crippen molar-refractivity contribution in [2.45, 2.75) is 51.1 Å². The maximum atomic E-state index is 12.0. The molecule has 2 rings (SSSR count). The van der Waals surface area contributed by atoms with E-state index in [-0.39, 0.29) is 16.5 Å². The minimum atomic E-state index is -3.44. The number of nitrogens with one attached hydrogen (secondary N) is 2. The Labute approximate surface area is 102 Å². The molecule has 17 heavy (non-hydrogen) atoms. The van der Waals surface area contributed by atoms with Gasteiger partial charge >= 0.3 is 0 Å². The van der Waals surface area contributed by atoms with Crippen LogP contribution >= 0.6 is 0 Å². The van der Waals surface area contributed by atoms with Crippen molar-refractivity contribution in [2.75, 3.05) is 0 Å². The van der Waals surface area contributed by atoms with E-state index in [9.17, 15) is 8.42 Å². The summed E-state index contributed by atoms with van der Waals surface area (Å²) in [6.07, 6.45) is 4.21. The fraction of sp³-hybridized carbons (Fsp3) is 0.727. The first-order valence-electron chi connectivity index (χ1n) is 5.82. The van der Waals surface area contributed by atoms with Gasteiger partial charge in [-0.3, -0.25) is 0 Å². The molecule has 0 bridgehead atoms. The predicted molar refractivity (Wildman–Crippen MR) is 65.1 cm³/mol. The van der Waals surface area contributed by atoms with E-state index in [2.05, 4.69) is 28.5 Å². The fourth-order valence-electron chi connectivity index (χ4n) is 2.35. The molecule has 1 atom stereocenters. The third kappa shape index (κ3) is 2.87. The molecule has 6 heteroatoms. The van der Waals surface area contributed by atoms with Crippen LogP contribution in [0.15, 0.2) is 11.2 Å². The summed E-state index contributed by atoms with van der Waals surface area (Å²) >= 11 is 0. The summed E-state index contributed by atoms with van der Waals surface area (Å²) in [7, 11) is -3.44. The number of hydrogen-bond donors (Lipinski definition) is 2. The molecule has 1 saturated carbocycles. The molecular weight excluding hydrogens is 238 g/mol. The Morgan fingerprint density at radius 1 is 1.53 bits per heavy atom. The molecule has 1 fully saturated rings. The zero-order valence-corrected chi connectivity index (χ0v) is 11.3. The van der Waals surface area contributed by atoms with Gasteiger partial charge in [0.05, 0.1) is 6.20 Å². The number of H-pyrrole nitrogens is 1. The zero-order chi connectivity index (χ0) is 12.7. The lowest BCUT2D eigenvalue weighted by molar-refractivity contribution is 0.372. The first-order valence-corrected chi connectivity index (χ1v) is 7.31. The Bertz CT molecular complexity index is 505. The van der Waals surface area contributed by atoms with Crippen LogP contribution in [-0.4, -0.2) is 24.4 Å². The SMILES string of the molecule is Cc1ncc(S(=O)(=O)NC2CCC(C)(C)C2)[nH]1. The van der Waals surface area contributed by atoms with Gasteiger partial charge in [-0.25, -0.2) is 18.1 Å². The Morgan fingerprint density at radius 3 is 2.71 bits per heavy atom. The normalized spacial score (nSPS) is 24.1. The van der Waals surface area contributed by atoms with Gasteiger partial charge in [-0.05, 0) is 31.6 Å². The number of imidazole rings is 1. The molecule has 1 unspecified atom stereocenters. The van der Waals surface area contributed by atoms with E-state index >= 15 is 0 Å². The number of hydrogen-bond acceptors (Lipinski definition) is 3. The van der Waals surface area contributed by atoms with E-state index in [1.807, 2.05) is 0 Å². The second-order valence-electron chi connectivity index (χ2n) is 5.56. The van der Waals surface area contributed by atoms with E-state index in [4.69, 9.17) is 0 Å². The van der Waals surface area contributed by atoms with Crippen molar-refractivity contribution in [1.82, 2.24) is 14.7 Å². The molecule has 96 valence electrons. The standard InChI is InChI=1S/C11H19N3O2S/c1-8-12-7-10(13-8)17(15,16)14-9-4-5-11(2,3)6-9/h7,9,14H,4-6H2,1-3H3,(H,12,13). The van der Waals surface area contributed by atoms with Gasteiger partial charge in [-0.1, -0.05) is 13.8 Å². The summed E-state index contributed by atoms with van der Waals surface area (Å²) in [5, 5.41) is 0.153. The summed E-state index contributed by atoms with van der Waals surface area (Å²) in [5.41, 5.74) is 0.233. The van der Waals surface area contributed by atoms with Crippen LogP contribution in [-0.2, 0) is 10.0 Å². The van der Waals surface area contributed by atoms with Crippen LogP contribution < -0.4 is 4.72 Å². The lowest BCUT2D eigenvalue weighted by Gasteiger charge is -2.17. The molecule has 0 radical (unpaired) electrons. The van der Waals surface area contributed by atoms with Gasteiger partial charge in [-0.2, -0.15) is 0 Å². The van der Waals surface area contributed by atoms with Crippen molar-refractivity contribution < 1.29 is 8.42 Å². The smallest absolute Gasteiger partial charge is 0.257 e. The summed E-state index contributed by atoms with van der Waals surface area (Å²) in [5.74, 6) is 0.608. The highest BCUT2D eigenvalue weighted by Crippen LogP contribution is 2.37. The number of sulfonamides is 1. The largest absolute Gasteiger partial charge is 0.332 e. The zero-order valence-electron chi connectivity index (χ0n) is 10.4. The van der Waals surface area contributed by atoms with Crippen LogP contribution in [0.5, 0.6) is 0 Å². The molecule has 1 aliphatic rings.